The zero-order valence-electron chi connectivity index (χ0n) is 17.5. The highest BCUT2D eigenvalue weighted by Crippen LogP contribution is 2.42. The Kier molecular flexibility index (Phi) is 5.82. The van der Waals surface area contributed by atoms with E-state index in [1.165, 1.54) is 0 Å². The quantitative estimate of drug-likeness (QED) is 0.485. The van der Waals surface area contributed by atoms with Gasteiger partial charge in [-0.25, -0.2) is 4.98 Å². The topological polar surface area (TPSA) is 77.2 Å². The standard InChI is InChI=1S/C22H23Cl3N6O/c1-12(32)31(18-6-7-26-20-15(18)9-13(23)10-16(20)24)14-3-2-8-30(11-14)22-27-17-4-5-19(25)28-21(17)29-22/h4-5,9-10,14,18,26H,2-3,6-8,11H2,1H3,(H,27,28,29)/t14-,18?/m0/s1. The number of H-pyrrole nitrogens is 1. The van der Waals surface area contributed by atoms with E-state index in [9.17, 15) is 4.79 Å². The fourth-order valence-corrected chi connectivity index (χ4v) is 5.65. The number of halogens is 3. The van der Waals surface area contributed by atoms with Crippen LogP contribution in [0.3, 0.4) is 0 Å². The first kappa shape index (κ1) is 21.6. The van der Waals surface area contributed by atoms with Gasteiger partial charge in [0.2, 0.25) is 11.9 Å². The molecule has 0 aliphatic carbocycles. The van der Waals surface area contributed by atoms with Crippen LogP contribution in [0.5, 0.6) is 0 Å². The Morgan fingerprint density at radius 1 is 1.19 bits per heavy atom. The molecule has 1 unspecified atom stereocenters. The number of aromatic amines is 1. The second kappa shape index (κ2) is 8.61. The summed E-state index contributed by atoms with van der Waals surface area (Å²) in [5, 5.41) is 4.94. The summed E-state index contributed by atoms with van der Waals surface area (Å²) < 4.78 is 0. The molecule has 168 valence electrons. The fourth-order valence-electron chi connectivity index (χ4n) is 4.93. The van der Waals surface area contributed by atoms with E-state index in [0.29, 0.717) is 27.4 Å². The van der Waals surface area contributed by atoms with Crippen LogP contribution < -0.4 is 10.2 Å². The smallest absolute Gasteiger partial charge is 0.220 e. The molecule has 32 heavy (non-hydrogen) atoms. The Hall–Kier alpha value is -2.22. The van der Waals surface area contributed by atoms with Gasteiger partial charge in [0.25, 0.3) is 0 Å². The van der Waals surface area contributed by atoms with Gasteiger partial charge in [-0.2, -0.15) is 4.98 Å². The molecule has 2 aromatic heterocycles. The van der Waals surface area contributed by atoms with Crippen molar-refractivity contribution in [2.75, 3.05) is 29.9 Å². The Morgan fingerprint density at radius 3 is 2.84 bits per heavy atom. The van der Waals surface area contributed by atoms with Gasteiger partial charge in [-0.05, 0) is 43.5 Å². The highest BCUT2D eigenvalue weighted by Gasteiger charge is 2.36. The predicted octanol–water partition coefficient (Wildman–Crippen LogP) is 5.29. The summed E-state index contributed by atoms with van der Waals surface area (Å²) in [5.41, 5.74) is 3.27. The van der Waals surface area contributed by atoms with Gasteiger partial charge >= 0.3 is 0 Å². The van der Waals surface area contributed by atoms with Crippen LogP contribution in [-0.4, -0.2) is 51.4 Å². The molecule has 2 atom stereocenters. The second-order valence-electron chi connectivity index (χ2n) is 8.32. The summed E-state index contributed by atoms with van der Waals surface area (Å²) in [7, 11) is 0. The minimum Gasteiger partial charge on any atom is -0.383 e. The molecule has 0 spiro atoms. The van der Waals surface area contributed by atoms with E-state index >= 15 is 0 Å². The fraction of sp³-hybridized carbons (Fsp3) is 0.409. The first-order valence-electron chi connectivity index (χ1n) is 10.7. The van der Waals surface area contributed by atoms with Crippen molar-refractivity contribution >= 4 is 63.5 Å². The van der Waals surface area contributed by atoms with E-state index in [1.807, 2.05) is 17.0 Å². The highest BCUT2D eigenvalue weighted by atomic mass is 35.5. The lowest BCUT2D eigenvalue weighted by atomic mass is 9.93. The molecule has 0 radical (unpaired) electrons. The predicted molar refractivity (Wildman–Crippen MR) is 129 cm³/mol. The molecule has 1 fully saturated rings. The number of nitrogens with zero attached hydrogens (tertiary/aromatic N) is 4. The number of piperidine rings is 1. The minimum absolute atomic E-state index is 0.0414. The highest BCUT2D eigenvalue weighted by molar-refractivity contribution is 6.36. The summed E-state index contributed by atoms with van der Waals surface area (Å²) in [6.07, 6.45) is 2.68. The maximum atomic E-state index is 12.9. The van der Waals surface area contributed by atoms with E-state index in [4.69, 9.17) is 34.8 Å². The summed E-state index contributed by atoms with van der Waals surface area (Å²) in [4.78, 5) is 29.4. The molecular weight excluding hydrogens is 471 g/mol. The molecule has 0 bridgehead atoms. The van der Waals surface area contributed by atoms with Crippen molar-refractivity contribution in [3.05, 3.63) is 45.0 Å². The number of carbonyl (C=O) groups excluding carboxylic acids is 1. The molecule has 1 amide bonds. The van der Waals surface area contributed by atoms with Crippen LogP contribution in [0.25, 0.3) is 11.2 Å². The van der Waals surface area contributed by atoms with E-state index in [0.717, 1.165) is 55.1 Å². The Morgan fingerprint density at radius 2 is 2.03 bits per heavy atom. The van der Waals surface area contributed by atoms with Crippen molar-refractivity contribution in [3.63, 3.8) is 0 Å². The van der Waals surface area contributed by atoms with Crippen LogP contribution in [0.15, 0.2) is 24.3 Å². The van der Waals surface area contributed by atoms with Gasteiger partial charge < -0.3 is 20.1 Å². The third-order valence-electron chi connectivity index (χ3n) is 6.25. The lowest BCUT2D eigenvalue weighted by molar-refractivity contribution is -0.134. The Balaban J connectivity index is 1.45. The second-order valence-corrected chi connectivity index (χ2v) is 9.55. The van der Waals surface area contributed by atoms with Crippen molar-refractivity contribution in [1.82, 2.24) is 19.9 Å². The van der Waals surface area contributed by atoms with Crippen LogP contribution in [0.2, 0.25) is 15.2 Å². The van der Waals surface area contributed by atoms with E-state index in [-0.39, 0.29) is 18.0 Å². The number of hydrogen-bond acceptors (Lipinski definition) is 5. The monoisotopic (exact) mass is 492 g/mol. The Bertz CT molecular complexity index is 1180. The SMILES string of the molecule is CC(=O)N(C1CCNc2c(Cl)cc(Cl)cc21)[C@H]1CCCN(c2nc3nc(Cl)ccc3[nH]2)C1. The molecular formula is C22H23Cl3N6O. The summed E-state index contributed by atoms with van der Waals surface area (Å²) in [6, 6.07) is 7.24. The summed E-state index contributed by atoms with van der Waals surface area (Å²) in [6.45, 7) is 3.92. The van der Waals surface area contributed by atoms with Crippen LogP contribution in [0, 0.1) is 0 Å². The van der Waals surface area contributed by atoms with Crippen LogP contribution >= 0.6 is 34.8 Å². The van der Waals surface area contributed by atoms with Crippen molar-refractivity contribution in [3.8, 4) is 0 Å². The largest absolute Gasteiger partial charge is 0.383 e. The maximum Gasteiger partial charge on any atom is 0.220 e. The molecule has 7 nitrogen and oxygen atoms in total. The van der Waals surface area contributed by atoms with E-state index < -0.39 is 0 Å². The number of imidazole rings is 1. The van der Waals surface area contributed by atoms with Crippen molar-refractivity contribution < 1.29 is 4.79 Å². The first-order valence-corrected chi connectivity index (χ1v) is 11.8. The summed E-state index contributed by atoms with van der Waals surface area (Å²) >= 11 is 18.8. The minimum atomic E-state index is -0.0824. The van der Waals surface area contributed by atoms with Gasteiger partial charge in [-0.1, -0.05) is 34.8 Å². The molecule has 3 aromatic rings. The average molecular weight is 494 g/mol. The number of carbonyl (C=O) groups is 1. The lowest BCUT2D eigenvalue weighted by Crippen LogP contribution is -2.52. The zero-order valence-corrected chi connectivity index (χ0v) is 19.8. The van der Waals surface area contributed by atoms with Crippen molar-refractivity contribution in [1.29, 1.82) is 0 Å². The van der Waals surface area contributed by atoms with Gasteiger partial charge in [0, 0.05) is 43.2 Å². The average Bonchev–Trinajstić information content (AvgIpc) is 3.17. The number of hydrogen-bond donors (Lipinski definition) is 2. The number of aromatic nitrogens is 3. The number of nitrogens with one attached hydrogen (secondary N) is 2. The molecule has 0 saturated carbocycles. The van der Waals surface area contributed by atoms with Crippen LogP contribution in [0.4, 0.5) is 11.6 Å². The third kappa shape index (κ3) is 3.98. The molecule has 4 heterocycles. The van der Waals surface area contributed by atoms with Crippen LogP contribution in [-0.2, 0) is 4.79 Å². The van der Waals surface area contributed by atoms with Crippen molar-refractivity contribution in [2.45, 2.75) is 38.3 Å². The Labute approximate surface area is 201 Å². The van der Waals surface area contributed by atoms with E-state index in [2.05, 4.69) is 25.2 Å². The number of rotatable bonds is 3. The molecule has 2 aliphatic heterocycles. The number of anilines is 2. The van der Waals surface area contributed by atoms with Crippen LogP contribution in [0.1, 0.15) is 37.8 Å². The molecule has 2 aliphatic rings. The van der Waals surface area contributed by atoms with Gasteiger partial charge in [0.15, 0.2) is 5.65 Å². The lowest BCUT2D eigenvalue weighted by Gasteiger charge is -2.44. The molecule has 5 rings (SSSR count). The van der Waals surface area contributed by atoms with E-state index in [1.54, 1.807) is 19.1 Å². The molecule has 1 aromatic carbocycles. The number of fused-ring (bicyclic) bond motifs is 2. The third-order valence-corrected chi connectivity index (χ3v) is 6.98. The zero-order chi connectivity index (χ0) is 22.4. The molecule has 1 saturated heterocycles. The van der Waals surface area contributed by atoms with Gasteiger partial charge in [0.1, 0.15) is 5.15 Å². The maximum absolute atomic E-state index is 12.9. The number of benzene rings is 1. The molecule has 2 N–H and O–H groups in total. The van der Waals surface area contributed by atoms with Crippen molar-refractivity contribution in [2.24, 2.45) is 0 Å². The van der Waals surface area contributed by atoms with Gasteiger partial charge in [-0.15, -0.1) is 0 Å². The summed E-state index contributed by atoms with van der Waals surface area (Å²) in [5.74, 6) is 0.795. The number of pyridine rings is 1. The number of amides is 1. The molecule has 10 heteroatoms. The first-order chi connectivity index (χ1) is 15.4. The van der Waals surface area contributed by atoms with Gasteiger partial charge in [-0.3, -0.25) is 4.79 Å². The normalized spacial score (nSPS) is 20.7. The van der Waals surface area contributed by atoms with Gasteiger partial charge in [0.05, 0.1) is 22.3 Å².